The van der Waals surface area contributed by atoms with Gasteiger partial charge in [-0.25, -0.2) is 4.98 Å². The van der Waals surface area contributed by atoms with Crippen LogP contribution in [-0.2, 0) is 16.2 Å². The van der Waals surface area contributed by atoms with E-state index in [0.29, 0.717) is 11.4 Å². The van der Waals surface area contributed by atoms with Crippen LogP contribution in [0.3, 0.4) is 0 Å². The van der Waals surface area contributed by atoms with E-state index in [-0.39, 0.29) is 22.0 Å². The molecule has 0 saturated carbocycles. The molecule has 8 rings (SSSR count). The van der Waals surface area contributed by atoms with Gasteiger partial charge in [0, 0.05) is 28.5 Å². The standard InChI is InChI=1S/C54H53N3O/c1-52(2,3)40-27-28-55-46(34-40)39-30-37(35-19-12-10-13-20-35)29-38(31-39)43-24-18-26-48-49(43)56-51(44-32-41(53(4,5)6)33-45(50(44)58)54(7,8)9)57(48)47-25-17-16-23-42(47)36-21-14-11-15-22-36/h10-34,58H,1-9H3. The quantitative estimate of drug-likeness (QED) is 0.184. The topological polar surface area (TPSA) is 50.9 Å². The van der Waals surface area contributed by atoms with E-state index in [4.69, 9.17) is 9.97 Å². The molecule has 4 heteroatoms. The molecule has 0 atom stereocenters. The van der Waals surface area contributed by atoms with Crippen molar-refractivity contribution in [2.24, 2.45) is 0 Å². The molecule has 290 valence electrons. The first-order chi connectivity index (χ1) is 27.6. The molecule has 4 nitrogen and oxygen atoms in total. The first-order valence-electron chi connectivity index (χ1n) is 20.3. The number of nitrogens with zero attached hydrogens (tertiary/aromatic N) is 3. The second-order valence-corrected chi connectivity index (χ2v) is 18.6. The van der Waals surface area contributed by atoms with Crippen LogP contribution in [0, 0.1) is 0 Å². The van der Waals surface area contributed by atoms with Gasteiger partial charge in [-0.15, -0.1) is 0 Å². The molecule has 6 aromatic carbocycles. The Bertz CT molecular complexity index is 2770. The van der Waals surface area contributed by atoms with Crippen molar-refractivity contribution in [1.82, 2.24) is 14.5 Å². The van der Waals surface area contributed by atoms with E-state index < -0.39 is 0 Å². The number of phenols is 1. The Hall–Kier alpha value is -6.26. The van der Waals surface area contributed by atoms with Crippen LogP contribution in [0.15, 0.2) is 152 Å². The molecule has 1 N–H and O–H groups in total. The van der Waals surface area contributed by atoms with E-state index in [2.05, 4.69) is 206 Å². The van der Waals surface area contributed by atoms with Crippen molar-refractivity contribution in [2.45, 2.75) is 78.6 Å². The van der Waals surface area contributed by atoms with Crippen molar-refractivity contribution >= 4 is 11.0 Å². The van der Waals surface area contributed by atoms with Gasteiger partial charge in [-0.05, 0) is 98.2 Å². The SMILES string of the molecule is CC(C)(C)c1ccnc(-c2cc(-c3ccccc3)cc(-c3cccc4c3nc(-c3cc(C(C)(C)C)cc(C(C)(C)C)c3O)n4-c3ccccc3-c3ccccc3)c2)c1. The van der Waals surface area contributed by atoms with Gasteiger partial charge in [0.25, 0.3) is 0 Å². The molecule has 0 bridgehead atoms. The Morgan fingerprint density at radius 1 is 0.466 bits per heavy atom. The molecule has 0 unspecified atom stereocenters. The summed E-state index contributed by atoms with van der Waals surface area (Å²) >= 11 is 0. The number of benzene rings is 6. The van der Waals surface area contributed by atoms with Crippen LogP contribution in [-0.4, -0.2) is 19.6 Å². The zero-order chi connectivity index (χ0) is 41.0. The smallest absolute Gasteiger partial charge is 0.149 e. The van der Waals surface area contributed by atoms with Crippen molar-refractivity contribution < 1.29 is 5.11 Å². The number of pyridine rings is 1. The maximum atomic E-state index is 12.4. The monoisotopic (exact) mass is 759 g/mol. The lowest BCUT2D eigenvalue weighted by Gasteiger charge is -2.27. The normalized spacial score (nSPS) is 12.3. The molecule has 0 aliphatic rings. The highest BCUT2D eigenvalue weighted by molar-refractivity contribution is 5.98. The van der Waals surface area contributed by atoms with E-state index in [0.717, 1.165) is 72.5 Å². The fraction of sp³-hybridized carbons (Fsp3) is 0.222. The summed E-state index contributed by atoms with van der Waals surface area (Å²) in [5.41, 5.74) is 14.7. The van der Waals surface area contributed by atoms with E-state index in [1.807, 2.05) is 12.3 Å². The number of hydrogen-bond donors (Lipinski definition) is 1. The Kier molecular flexibility index (Phi) is 9.72. The molecule has 0 amide bonds. The summed E-state index contributed by atoms with van der Waals surface area (Å²) < 4.78 is 2.26. The first kappa shape index (κ1) is 38.6. The van der Waals surface area contributed by atoms with Gasteiger partial charge in [0.1, 0.15) is 11.6 Å². The molecule has 0 fully saturated rings. The third-order valence-electron chi connectivity index (χ3n) is 11.2. The molecule has 2 heterocycles. The largest absolute Gasteiger partial charge is 0.507 e. The number of aromatic nitrogens is 3. The van der Waals surface area contributed by atoms with Crippen molar-refractivity contribution in [2.75, 3.05) is 0 Å². The number of aromatic hydroxyl groups is 1. The van der Waals surface area contributed by atoms with E-state index >= 15 is 0 Å². The first-order valence-corrected chi connectivity index (χ1v) is 20.3. The van der Waals surface area contributed by atoms with E-state index in [1.165, 1.54) is 5.56 Å². The molecule has 0 radical (unpaired) electrons. The zero-order valence-corrected chi connectivity index (χ0v) is 35.2. The highest BCUT2D eigenvalue weighted by atomic mass is 16.3. The number of para-hydroxylation sites is 2. The molecule has 0 aliphatic heterocycles. The molecule has 2 aromatic heterocycles. The second kappa shape index (κ2) is 14.6. The van der Waals surface area contributed by atoms with Gasteiger partial charge < -0.3 is 5.11 Å². The Morgan fingerprint density at radius 3 is 1.74 bits per heavy atom. The molecule has 58 heavy (non-hydrogen) atoms. The Morgan fingerprint density at radius 2 is 1.07 bits per heavy atom. The van der Waals surface area contributed by atoms with Gasteiger partial charge in [-0.3, -0.25) is 9.55 Å². The van der Waals surface area contributed by atoms with Gasteiger partial charge in [0.2, 0.25) is 0 Å². The minimum absolute atomic E-state index is 0.0227. The second-order valence-electron chi connectivity index (χ2n) is 18.6. The predicted molar refractivity (Wildman–Crippen MR) is 244 cm³/mol. The van der Waals surface area contributed by atoms with Gasteiger partial charge in [-0.2, -0.15) is 0 Å². The fourth-order valence-corrected chi connectivity index (χ4v) is 7.88. The molecule has 8 aromatic rings. The van der Waals surface area contributed by atoms with Gasteiger partial charge >= 0.3 is 0 Å². The van der Waals surface area contributed by atoms with Crippen molar-refractivity contribution in [1.29, 1.82) is 0 Å². The maximum absolute atomic E-state index is 12.4. The highest BCUT2D eigenvalue weighted by Gasteiger charge is 2.29. The van der Waals surface area contributed by atoms with Crippen LogP contribution in [0.25, 0.3) is 72.7 Å². The Labute approximate surface area is 343 Å². The minimum Gasteiger partial charge on any atom is -0.507 e. The summed E-state index contributed by atoms with van der Waals surface area (Å²) in [6.07, 6.45) is 1.92. The number of hydrogen-bond acceptors (Lipinski definition) is 3. The van der Waals surface area contributed by atoms with Crippen molar-refractivity contribution in [3.05, 3.63) is 168 Å². The number of rotatable bonds is 6. The van der Waals surface area contributed by atoms with Crippen LogP contribution < -0.4 is 0 Å². The van der Waals surface area contributed by atoms with Gasteiger partial charge in [-0.1, -0.05) is 159 Å². The van der Waals surface area contributed by atoms with Gasteiger partial charge in [0.15, 0.2) is 0 Å². The van der Waals surface area contributed by atoms with Crippen molar-refractivity contribution in [3.63, 3.8) is 0 Å². The molecule has 0 saturated heterocycles. The van der Waals surface area contributed by atoms with Crippen molar-refractivity contribution in [3.8, 4) is 67.5 Å². The van der Waals surface area contributed by atoms with Crippen LogP contribution in [0.2, 0.25) is 0 Å². The molecule has 0 aliphatic carbocycles. The number of fused-ring (bicyclic) bond motifs is 1. The van der Waals surface area contributed by atoms with Crippen LogP contribution in [0.5, 0.6) is 5.75 Å². The highest BCUT2D eigenvalue weighted by Crippen LogP contribution is 2.45. The fourth-order valence-electron chi connectivity index (χ4n) is 7.88. The predicted octanol–water partition coefficient (Wildman–Crippen LogP) is 14.4. The average Bonchev–Trinajstić information content (AvgIpc) is 3.60. The maximum Gasteiger partial charge on any atom is 0.149 e. The van der Waals surface area contributed by atoms with Crippen LogP contribution in [0.1, 0.15) is 79.0 Å². The van der Waals surface area contributed by atoms with E-state index in [1.54, 1.807) is 0 Å². The lowest BCUT2D eigenvalue weighted by molar-refractivity contribution is 0.446. The minimum atomic E-state index is -0.309. The molecular formula is C54H53N3O. The molecule has 0 spiro atoms. The third-order valence-corrected chi connectivity index (χ3v) is 11.2. The average molecular weight is 760 g/mol. The van der Waals surface area contributed by atoms with Crippen LogP contribution in [0.4, 0.5) is 0 Å². The third kappa shape index (κ3) is 7.36. The Balaban J connectivity index is 1.47. The summed E-state index contributed by atoms with van der Waals surface area (Å²) in [5, 5.41) is 12.4. The summed E-state index contributed by atoms with van der Waals surface area (Å²) in [5.74, 6) is 0.952. The van der Waals surface area contributed by atoms with Gasteiger partial charge in [0.05, 0.1) is 28.0 Å². The van der Waals surface area contributed by atoms with Crippen LogP contribution >= 0.6 is 0 Å². The number of phenolic OH excluding ortho intramolecular Hbond substituents is 1. The summed E-state index contributed by atoms with van der Waals surface area (Å²) in [7, 11) is 0. The summed E-state index contributed by atoms with van der Waals surface area (Å²) in [6.45, 7) is 19.9. The zero-order valence-electron chi connectivity index (χ0n) is 35.2. The molecular weight excluding hydrogens is 707 g/mol. The summed E-state index contributed by atoms with van der Waals surface area (Å²) in [6, 6.07) is 51.4. The lowest BCUT2D eigenvalue weighted by Crippen LogP contribution is -2.17. The van der Waals surface area contributed by atoms with E-state index in [9.17, 15) is 5.11 Å². The lowest BCUT2D eigenvalue weighted by atomic mass is 9.79. The number of imidazole rings is 1. The summed E-state index contributed by atoms with van der Waals surface area (Å²) in [4.78, 5) is 10.5.